The van der Waals surface area contributed by atoms with Crippen LogP contribution in [0.5, 0.6) is 0 Å². The lowest BCUT2D eigenvalue weighted by molar-refractivity contribution is -0.117. The second-order valence-electron chi connectivity index (χ2n) is 4.29. The van der Waals surface area contributed by atoms with E-state index in [9.17, 15) is 4.79 Å². The summed E-state index contributed by atoms with van der Waals surface area (Å²) < 4.78 is 1.64. The van der Waals surface area contributed by atoms with Crippen LogP contribution in [0.4, 0.5) is 5.82 Å². The third-order valence-electron chi connectivity index (χ3n) is 2.46. The maximum Gasteiger partial charge on any atom is 0.239 e. The van der Waals surface area contributed by atoms with Gasteiger partial charge in [-0.25, -0.2) is 4.98 Å². The average molecular weight is 375 g/mol. The number of halogens is 2. The maximum absolute atomic E-state index is 11.9. The fourth-order valence-corrected chi connectivity index (χ4v) is 3.04. The van der Waals surface area contributed by atoms with Gasteiger partial charge in [-0.05, 0) is 47.2 Å². The molecule has 4 nitrogen and oxygen atoms in total. The minimum atomic E-state index is -0.0926. The molecule has 0 atom stereocenters. The van der Waals surface area contributed by atoms with Crippen LogP contribution >= 0.6 is 38.9 Å². The van der Waals surface area contributed by atoms with Gasteiger partial charge in [0, 0.05) is 22.1 Å². The minimum Gasteiger partial charge on any atom is -0.310 e. The second kappa shape index (κ2) is 7.17. The van der Waals surface area contributed by atoms with Crippen LogP contribution in [-0.4, -0.2) is 29.4 Å². The topological polar surface area (TPSA) is 45.2 Å². The van der Waals surface area contributed by atoms with Crippen LogP contribution in [0.1, 0.15) is 4.88 Å². The molecule has 0 spiro atoms. The first kappa shape index (κ1) is 15.4. The number of anilines is 1. The Kier molecular flexibility index (Phi) is 5.54. The molecule has 0 aliphatic heterocycles. The quantitative estimate of drug-likeness (QED) is 0.869. The van der Waals surface area contributed by atoms with Crippen molar-refractivity contribution in [3.63, 3.8) is 0 Å². The van der Waals surface area contributed by atoms with Crippen molar-refractivity contribution in [3.8, 4) is 0 Å². The number of carbonyl (C=O) groups excluding carboxylic acids is 1. The van der Waals surface area contributed by atoms with E-state index in [4.69, 9.17) is 11.6 Å². The minimum absolute atomic E-state index is 0.0926. The zero-order valence-corrected chi connectivity index (χ0v) is 13.9. The molecule has 0 radical (unpaired) electrons. The number of nitrogens with one attached hydrogen (secondary N) is 1. The van der Waals surface area contributed by atoms with Gasteiger partial charge in [0.2, 0.25) is 5.91 Å². The Labute approximate surface area is 134 Å². The molecule has 1 N–H and O–H groups in total. The molecule has 0 aliphatic rings. The molecular weight excluding hydrogens is 362 g/mol. The first-order valence-electron chi connectivity index (χ1n) is 5.87. The van der Waals surface area contributed by atoms with Crippen LogP contribution in [0.15, 0.2) is 34.9 Å². The smallest absolute Gasteiger partial charge is 0.239 e. The molecule has 20 heavy (non-hydrogen) atoms. The third kappa shape index (κ3) is 4.86. The number of rotatable bonds is 5. The van der Waals surface area contributed by atoms with Crippen molar-refractivity contribution in [1.29, 1.82) is 0 Å². The number of hydrogen-bond acceptors (Lipinski definition) is 4. The number of pyridine rings is 1. The van der Waals surface area contributed by atoms with Crippen molar-refractivity contribution < 1.29 is 4.79 Å². The van der Waals surface area contributed by atoms with Crippen LogP contribution < -0.4 is 5.32 Å². The molecule has 2 aromatic heterocycles. The number of nitrogens with zero attached hydrogens (tertiary/aromatic N) is 2. The predicted molar refractivity (Wildman–Crippen MR) is 86.2 cm³/mol. The first-order chi connectivity index (χ1) is 9.52. The number of likely N-dealkylation sites (N-methyl/N-ethyl adjacent to an activating group) is 1. The van der Waals surface area contributed by atoms with Crippen LogP contribution in [-0.2, 0) is 11.3 Å². The summed E-state index contributed by atoms with van der Waals surface area (Å²) in [6.07, 6.45) is 1.65. The Balaban J connectivity index is 1.83. The molecule has 0 bridgehead atoms. The predicted octanol–water partition coefficient (Wildman–Crippen LogP) is 3.63. The van der Waals surface area contributed by atoms with Gasteiger partial charge in [-0.2, -0.15) is 0 Å². The highest BCUT2D eigenvalue weighted by Crippen LogP contribution is 2.22. The standard InChI is InChI=1S/C13H13BrClN3OS/c1-18(7-10-3-4-11(15)20-10)8-13(19)17-12-5-2-9(14)6-16-12/h2-6H,7-8H2,1H3,(H,16,17,19). The Bertz CT molecular complexity index is 588. The first-order valence-corrected chi connectivity index (χ1v) is 7.86. The van der Waals surface area contributed by atoms with Crippen LogP contribution in [0, 0.1) is 0 Å². The summed E-state index contributed by atoms with van der Waals surface area (Å²) >= 11 is 10.7. The summed E-state index contributed by atoms with van der Waals surface area (Å²) in [6, 6.07) is 7.42. The van der Waals surface area contributed by atoms with Gasteiger partial charge in [-0.15, -0.1) is 11.3 Å². The summed E-state index contributed by atoms with van der Waals surface area (Å²) in [5.41, 5.74) is 0. The summed E-state index contributed by atoms with van der Waals surface area (Å²) in [4.78, 5) is 19.0. The van der Waals surface area contributed by atoms with Gasteiger partial charge in [-0.1, -0.05) is 11.6 Å². The Hall–Kier alpha value is -0.950. The second-order valence-corrected chi connectivity index (χ2v) is 7.00. The Morgan fingerprint density at radius 2 is 2.25 bits per heavy atom. The molecule has 106 valence electrons. The van der Waals surface area contributed by atoms with Crippen molar-refractivity contribution >= 4 is 50.6 Å². The number of carbonyl (C=O) groups is 1. The lowest BCUT2D eigenvalue weighted by Crippen LogP contribution is -2.29. The molecule has 0 unspecified atom stereocenters. The Morgan fingerprint density at radius 1 is 1.45 bits per heavy atom. The summed E-state index contributed by atoms with van der Waals surface area (Å²) in [5, 5.41) is 2.76. The van der Waals surface area contributed by atoms with Crippen LogP contribution in [0.25, 0.3) is 0 Å². The van der Waals surface area contributed by atoms with E-state index in [0.29, 0.717) is 18.9 Å². The fraction of sp³-hybridized carbons (Fsp3) is 0.231. The van der Waals surface area contributed by atoms with Gasteiger partial charge in [-0.3, -0.25) is 9.69 Å². The molecule has 1 amide bonds. The van der Waals surface area contributed by atoms with E-state index >= 15 is 0 Å². The zero-order chi connectivity index (χ0) is 14.5. The zero-order valence-electron chi connectivity index (χ0n) is 10.8. The number of aromatic nitrogens is 1. The van der Waals surface area contributed by atoms with Crippen LogP contribution in [0.2, 0.25) is 4.34 Å². The molecule has 0 aliphatic carbocycles. The lowest BCUT2D eigenvalue weighted by Gasteiger charge is -2.14. The molecule has 0 saturated heterocycles. The summed E-state index contributed by atoms with van der Waals surface area (Å²) in [5.74, 6) is 0.454. The fourth-order valence-electron chi connectivity index (χ4n) is 1.64. The molecule has 0 saturated carbocycles. The lowest BCUT2D eigenvalue weighted by atomic mass is 10.4. The Morgan fingerprint density at radius 3 is 2.85 bits per heavy atom. The number of thiophene rings is 1. The SMILES string of the molecule is CN(CC(=O)Nc1ccc(Br)cn1)Cc1ccc(Cl)s1. The van der Waals surface area contributed by atoms with E-state index in [1.807, 2.05) is 30.1 Å². The molecule has 7 heteroatoms. The van der Waals surface area contributed by atoms with Crippen molar-refractivity contribution in [1.82, 2.24) is 9.88 Å². The normalized spacial score (nSPS) is 10.8. The van der Waals surface area contributed by atoms with E-state index in [2.05, 4.69) is 26.2 Å². The van der Waals surface area contributed by atoms with E-state index in [1.165, 1.54) is 11.3 Å². The van der Waals surface area contributed by atoms with Gasteiger partial charge in [0.25, 0.3) is 0 Å². The van der Waals surface area contributed by atoms with Gasteiger partial charge >= 0.3 is 0 Å². The van der Waals surface area contributed by atoms with Gasteiger partial charge in [0.1, 0.15) is 5.82 Å². The molecule has 2 heterocycles. The van der Waals surface area contributed by atoms with Crippen LogP contribution in [0.3, 0.4) is 0 Å². The number of amides is 1. The van der Waals surface area contributed by atoms with Crippen molar-refractivity contribution in [2.24, 2.45) is 0 Å². The highest BCUT2D eigenvalue weighted by molar-refractivity contribution is 9.10. The van der Waals surface area contributed by atoms with E-state index in [1.54, 1.807) is 12.3 Å². The van der Waals surface area contributed by atoms with Crippen molar-refractivity contribution in [2.75, 3.05) is 18.9 Å². The van der Waals surface area contributed by atoms with Gasteiger partial charge in [0.05, 0.1) is 10.9 Å². The average Bonchev–Trinajstić information content (AvgIpc) is 2.77. The largest absolute Gasteiger partial charge is 0.310 e. The van der Waals surface area contributed by atoms with Crippen molar-refractivity contribution in [2.45, 2.75) is 6.54 Å². The molecule has 0 fully saturated rings. The molecule has 2 aromatic rings. The molecular formula is C13H13BrClN3OS. The summed E-state index contributed by atoms with van der Waals surface area (Å²) in [7, 11) is 1.89. The maximum atomic E-state index is 11.9. The van der Waals surface area contributed by atoms with Gasteiger partial charge < -0.3 is 5.32 Å². The third-order valence-corrected chi connectivity index (χ3v) is 4.15. The van der Waals surface area contributed by atoms with E-state index < -0.39 is 0 Å². The van der Waals surface area contributed by atoms with E-state index in [0.717, 1.165) is 13.7 Å². The molecule has 0 aromatic carbocycles. The van der Waals surface area contributed by atoms with E-state index in [-0.39, 0.29) is 5.91 Å². The highest BCUT2D eigenvalue weighted by Gasteiger charge is 2.09. The molecule has 2 rings (SSSR count). The monoisotopic (exact) mass is 373 g/mol. The summed E-state index contributed by atoms with van der Waals surface area (Å²) in [6.45, 7) is 0.992. The van der Waals surface area contributed by atoms with Gasteiger partial charge in [0.15, 0.2) is 0 Å². The number of hydrogen-bond donors (Lipinski definition) is 1. The van der Waals surface area contributed by atoms with Crippen molar-refractivity contribution in [3.05, 3.63) is 44.1 Å². The highest BCUT2D eigenvalue weighted by atomic mass is 79.9.